The molecule has 1 heterocycles. The Bertz CT molecular complexity index is 460. The molecule has 0 aliphatic carbocycles. The van der Waals surface area contributed by atoms with Crippen LogP contribution in [0.4, 0.5) is 22.0 Å². The maximum Gasteiger partial charge on any atom is 0.433 e. The van der Waals surface area contributed by atoms with E-state index in [9.17, 15) is 26.7 Å². The fraction of sp³-hybridized carbons (Fsp3) is 0.250. The van der Waals surface area contributed by atoms with Gasteiger partial charge in [-0.25, -0.2) is 18.6 Å². The Morgan fingerprint density at radius 1 is 1.41 bits per heavy atom. The van der Waals surface area contributed by atoms with Crippen molar-refractivity contribution in [1.29, 1.82) is 0 Å². The van der Waals surface area contributed by atoms with E-state index in [0.29, 0.717) is 0 Å². The molecule has 1 aromatic rings. The molecule has 1 N–H and O–H groups in total. The second-order valence-corrected chi connectivity index (χ2v) is 3.26. The van der Waals surface area contributed by atoms with E-state index in [1.807, 2.05) is 0 Å². The Kier molecular flexibility index (Phi) is 3.56. The van der Waals surface area contributed by atoms with Gasteiger partial charge in [-0.3, -0.25) is 0 Å². The van der Waals surface area contributed by atoms with Gasteiger partial charge in [-0.05, 0) is 6.07 Å². The summed E-state index contributed by atoms with van der Waals surface area (Å²) in [5, 5.41) is 7.52. The van der Waals surface area contributed by atoms with E-state index < -0.39 is 40.5 Å². The van der Waals surface area contributed by atoms with Gasteiger partial charge < -0.3 is 5.11 Å². The minimum atomic E-state index is -4.96. The highest BCUT2D eigenvalue weighted by Gasteiger charge is 2.36. The Hall–Kier alpha value is -1.44. The van der Waals surface area contributed by atoms with Gasteiger partial charge >= 0.3 is 12.1 Å². The first-order valence-corrected chi connectivity index (χ1v) is 4.31. The summed E-state index contributed by atoms with van der Waals surface area (Å²) < 4.78 is 61.5. The van der Waals surface area contributed by atoms with E-state index in [0.717, 1.165) is 0 Å². The second kappa shape index (κ2) is 4.44. The number of halogens is 6. The largest absolute Gasteiger partial charge is 0.476 e. The fourth-order valence-corrected chi connectivity index (χ4v) is 1.32. The van der Waals surface area contributed by atoms with Crippen molar-refractivity contribution in [1.82, 2.24) is 4.98 Å². The second-order valence-electron chi connectivity index (χ2n) is 2.86. The lowest BCUT2D eigenvalue weighted by Gasteiger charge is -2.11. The van der Waals surface area contributed by atoms with Gasteiger partial charge in [0.25, 0.3) is 6.43 Å². The third kappa shape index (κ3) is 2.82. The van der Waals surface area contributed by atoms with E-state index in [4.69, 9.17) is 16.7 Å². The molecule has 0 saturated heterocycles. The monoisotopic (exact) mass is 275 g/mol. The Balaban J connectivity index is 3.53. The summed E-state index contributed by atoms with van der Waals surface area (Å²) in [6.07, 6.45) is -8.29. The van der Waals surface area contributed by atoms with Gasteiger partial charge in [-0.15, -0.1) is 0 Å². The molecule has 0 radical (unpaired) electrons. The summed E-state index contributed by atoms with van der Waals surface area (Å²) in [6.45, 7) is 0. The SMILES string of the molecule is O=C(O)c1nc(C(F)(F)F)cc(Cl)c1C(F)F. The highest BCUT2D eigenvalue weighted by Crippen LogP contribution is 2.35. The molecule has 17 heavy (non-hydrogen) atoms. The number of pyridine rings is 1. The van der Waals surface area contributed by atoms with E-state index in [1.54, 1.807) is 0 Å². The molecule has 0 bridgehead atoms. The topological polar surface area (TPSA) is 50.2 Å². The number of hydrogen-bond acceptors (Lipinski definition) is 2. The highest BCUT2D eigenvalue weighted by molar-refractivity contribution is 6.31. The molecular weight excluding hydrogens is 273 g/mol. The molecule has 0 aliphatic heterocycles. The van der Waals surface area contributed by atoms with Crippen LogP contribution in [0, 0.1) is 0 Å². The number of alkyl halides is 5. The smallest absolute Gasteiger partial charge is 0.433 e. The summed E-state index contributed by atoms with van der Waals surface area (Å²) in [7, 11) is 0. The van der Waals surface area contributed by atoms with Gasteiger partial charge in [0.15, 0.2) is 5.69 Å². The first kappa shape index (κ1) is 13.6. The number of hydrogen-bond donors (Lipinski definition) is 1. The predicted octanol–water partition coefficient (Wildman–Crippen LogP) is 3.39. The molecule has 0 aromatic carbocycles. The number of aromatic nitrogens is 1. The number of nitrogens with zero attached hydrogens (tertiary/aromatic N) is 1. The number of rotatable bonds is 2. The molecule has 9 heteroatoms. The standard InChI is InChI=1S/C8H3ClF5NO2/c9-2-1-3(8(12,13)14)15-5(7(16)17)4(2)6(10)11/h1,6H,(H,16,17). The van der Waals surface area contributed by atoms with Gasteiger partial charge in [0, 0.05) is 0 Å². The minimum Gasteiger partial charge on any atom is -0.476 e. The molecule has 0 spiro atoms. The Labute approximate surface area is 95.8 Å². The minimum absolute atomic E-state index is 0.162. The van der Waals surface area contributed by atoms with Gasteiger partial charge in [0.2, 0.25) is 0 Å². The normalized spacial score (nSPS) is 11.9. The summed E-state index contributed by atoms with van der Waals surface area (Å²) in [5.74, 6) is -2.01. The van der Waals surface area contributed by atoms with Crippen molar-refractivity contribution in [2.24, 2.45) is 0 Å². The summed E-state index contributed by atoms with van der Waals surface area (Å²) >= 11 is 5.20. The maximum atomic E-state index is 12.4. The summed E-state index contributed by atoms with van der Waals surface area (Å²) in [6, 6.07) is 0.162. The van der Waals surface area contributed by atoms with Crippen LogP contribution in [0.5, 0.6) is 0 Å². The summed E-state index contributed by atoms with van der Waals surface area (Å²) in [4.78, 5) is 13.2. The zero-order valence-electron chi connectivity index (χ0n) is 7.73. The van der Waals surface area contributed by atoms with Gasteiger partial charge in [-0.1, -0.05) is 11.6 Å². The number of carboxylic acid groups (broad SMARTS) is 1. The van der Waals surface area contributed by atoms with Crippen molar-refractivity contribution in [2.45, 2.75) is 12.6 Å². The zero-order valence-corrected chi connectivity index (χ0v) is 8.48. The fourth-order valence-electron chi connectivity index (χ4n) is 1.04. The van der Waals surface area contributed by atoms with Crippen molar-refractivity contribution >= 4 is 17.6 Å². The van der Waals surface area contributed by atoms with Gasteiger partial charge in [0.1, 0.15) is 5.69 Å². The lowest BCUT2D eigenvalue weighted by Crippen LogP contribution is -2.15. The molecule has 0 amide bonds. The molecule has 0 atom stereocenters. The summed E-state index contributed by atoms with van der Waals surface area (Å²) in [5.41, 5.74) is -4.27. The van der Waals surface area contributed by atoms with Crippen LogP contribution in [0.15, 0.2) is 6.07 Å². The van der Waals surface area contributed by atoms with Crippen molar-refractivity contribution < 1.29 is 31.9 Å². The average molecular weight is 276 g/mol. The first-order valence-electron chi connectivity index (χ1n) is 3.93. The molecule has 3 nitrogen and oxygen atoms in total. The van der Waals surface area contributed by atoms with Crippen molar-refractivity contribution in [3.63, 3.8) is 0 Å². The van der Waals surface area contributed by atoms with Gasteiger partial charge in [0.05, 0.1) is 10.6 Å². The third-order valence-electron chi connectivity index (χ3n) is 1.72. The van der Waals surface area contributed by atoms with Crippen LogP contribution in [0.3, 0.4) is 0 Å². The molecule has 1 rings (SSSR count). The van der Waals surface area contributed by atoms with Crippen LogP contribution in [0.25, 0.3) is 0 Å². The molecule has 0 saturated carbocycles. The van der Waals surface area contributed by atoms with Crippen LogP contribution >= 0.6 is 11.6 Å². The molecule has 1 aromatic heterocycles. The number of aromatic carboxylic acids is 1. The first-order chi connectivity index (χ1) is 7.64. The quantitative estimate of drug-likeness (QED) is 0.842. The Morgan fingerprint density at radius 3 is 2.29 bits per heavy atom. The lowest BCUT2D eigenvalue weighted by atomic mass is 10.1. The zero-order chi connectivity index (χ0) is 13.4. The van der Waals surface area contributed by atoms with Gasteiger partial charge in [-0.2, -0.15) is 13.2 Å². The molecule has 0 unspecified atom stereocenters. The van der Waals surface area contributed by atoms with Crippen molar-refractivity contribution in [2.75, 3.05) is 0 Å². The van der Waals surface area contributed by atoms with E-state index in [1.165, 1.54) is 0 Å². The van der Waals surface area contributed by atoms with E-state index in [-0.39, 0.29) is 6.07 Å². The van der Waals surface area contributed by atoms with Crippen LogP contribution in [-0.2, 0) is 6.18 Å². The lowest BCUT2D eigenvalue weighted by molar-refractivity contribution is -0.141. The Morgan fingerprint density at radius 2 is 1.94 bits per heavy atom. The molecule has 94 valence electrons. The molecule has 0 aliphatic rings. The van der Waals surface area contributed by atoms with E-state index in [2.05, 4.69) is 4.98 Å². The molecule has 0 fully saturated rings. The van der Waals surface area contributed by atoms with E-state index >= 15 is 0 Å². The third-order valence-corrected chi connectivity index (χ3v) is 2.03. The van der Waals surface area contributed by atoms with Crippen molar-refractivity contribution in [3.05, 3.63) is 28.0 Å². The number of carboxylic acids is 1. The van der Waals surface area contributed by atoms with Crippen molar-refractivity contribution in [3.8, 4) is 0 Å². The maximum absolute atomic E-state index is 12.4. The van der Waals surface area contributed by atoms with Crippen LogP contribution < -0.4 is 0 Å². The van der Waals surface area contributed by atoms with Crippen LogP contribution in [-0.4, -0.2) is 16.1 Å². The van der Waals surface area contributed by atoms with Crippen LogP contribution in [0.1, 0.15) is 28.2 Å². The highest BCUT2D eigenvalue weighted by atomic mass is 35.5. The predicted molar refractivity (Wildman–Crippen MR) is 46.2 cm³/mol. The van der Waals surface area contributed by atoms with Crippen LogP contribution in [0.2, 0.25) is 5.02 Å². The average Bonchev–Trinajstić information content (AvgIpc) is 2.13. The molecular formula is C8H3ClF5NO2. The number of carbonyl (C=O) groups is 1.